The molecule has 0 bridgehead atoms. The van der Waals surface area contributed by atoms with Crippen LogP contribution in [-0.2, 0) is 4.79 Å². The summed E-state index contributed by atoms with van der Waals surface area (Å²) < 4.78 is 0. The Kier molecular flexibility index (Phi) is 4.73. The Morgan fingerprint density at radius 1 is 1.50 bits per heavy atom. The lowest BCUT2D eigenvalue weighted by Gasteiger charge is -1.99. The topological polar surface area (TPSA) is 46.2 Å². The Morgan fingerprint density at radius 3 is 2.88 bits per heavy atom. The predicted molar refractivity (Wildman–Crippen MR) is 64.6 cm³/mol. The maximum Gasteiger partial charge on any atom is 0.217 e. The quantitative estimate of drug-likeness (QED) is 0.817. The lowest BCUT2D eigenvalue weighted by molar-refractivity contribution is -0.118. The Balaban J connectivity index is 2.71. The number of hydrogen-bond donors (Lipinski definition) is 1. The van der Waals surface area contributed by atoms with Crippen molar-refractivity contribution in [1.29, 1.82) is 0 Å². The van der Waals surface area contributed by atoms with E-state index in [-0.39, 0.29) is 5.91 Å². The summed E-state index contributed by atoms with van der Waals surface area (Å²) in [5.41, 5.74) is 1.33. The molecule has 0 spiro atoms. The van der Waals surface area contributed by atoms with Crippen LogP contribution in [0, 0.1) is 0 Å². The van der Waals surface area contributed by atoms with Crippen molar-refractivity contribution in [3.63, 3.8) is 0 Å². The number of amides is 1. The average molecular weight is 238 g/mol. The standard InChI is InChI=1S/C12H12ClNO2/c1-9(16)14-6-2-3-11-7-10(8-15)4-5-12(11)13/h2-5,7-8H,6H2,1H3,(H,14,16). The van der Waals surface area contributed by atoms with E-state index in [1.54, 1.807) is 30.4 Å². The van der Waals surface area contributed by atoms with Gasteiger partial charge in [-0.1, -0.05) is 29.8 Å². The van der Waals surface area contributed by atoms with Crippen LogP contribution < -0.4 is 5.32 Å². The van der Waals surface area contributed by atoms with Crippen LogP contribution in [0.5, 0.6) is 0 Å². The minimum atomic E-state index is -0.0858. The molecule has 0 radical (unpaired) electrons. The molecule has 0 aliphatic carbocycles. The van der Waals surface area contributed by atoms with Gasteiger partial charge in [0.05, 0.1) is 0 Å². The molecule has 1 aromatic rings. The summed E-state index contributed by atoms with van der Waals surface area (Å²) in [6.45, 7) is 1.89. The van der Waals surface area contributed by atoms with Gasteiger partial charge in [0.1, 0.15) is 6.29 Å². The highest BCUT2D eigenvalue weighted by molar-refractivity contribution is 6.32. The number of halogens is 1. The second-order valence-corrected chi connectivity index (χ2v) is 3.65. The van der Waals surface area contributed by atoms with E-state index in [1.165, 1.54) is 6.92 Å². The molecular weight excluding hydrogens is 226 g/mol. The average Bonchev–Trinajstić information content (AvgIpc) is 2.26. The summed E-state index contributed by atoms with van der Waals surface area (Å²) in [5, 5.41) is 3.20. The van der Waals surface area contributed by atoms with Crippen LogP contribution in [0.15, 0.2) is 24.3 Å². The molecule has 1 aromatic carbocycles. The van der Waals surface area contributed by atoms with Gasteiger partial charge in [0, 0.05) is 24.1 Å². The van der Waals surface area contributed by atoms with Gasteiger partial charge >= 0.3 is 0 Å². The number of aldehydes is 1. The van der Waals surface area contributed by atoms with E-state index in [4.69, 9.17) is 11.6 Å². The van der Waals surface area contributed by atoms with Crippen molar-refractivity contribution in [1.82, 2.24) is 5.32 Å². The van der Waals surface area contributed by atoms with E-state index in [0.29, 0.717) is 17.1 Å². The predicted octanol–water partition coefficient (Wildman–Crippen LogP) is 2.30. The minimum absolute atomic E-state index is 0.0858. The fraction of sp³-hybridized carbons (Fsp3) is 0.167. The molecule has 0 aliphatic heterocycles. The van der Waals surface area contributed by atoms with E-state index in [9.17, 15) is 9.59 Å². The van der Waals surface area contributed by atoms with Crippen LogP contribution in [0.25, 0.3) is 6.08 Å². The lowest BCUT2D eigenvalue weighted by Crippen LogP contribution is -2.19. The maximum atomic E-state index is 10.6. The summed E-state index contributed by atoms with van der Waals surface area (Å²) in [6, 6.07) is 5.02. The number of benzene rings is 1. The largest absolute Gasteiger partial charge is 0.353 e. The van der Waals surface area contributed by atoms with Crippen molar-refractivity contribution in [2.75, 3.05) is 6.54 Å². The first-order chi connectivity index (χ1) is 7.63. The Labute approximate surface area is 99.1 Å². The zero-order valence-electron chi connectivity index (χ0n) is 8.87. The molecule has 1 amide bonds. The van der Waals surface area contributed by atoms with E-state index in [0.717, 1.165) is 11.8 Å². The van der Waals surface area contributed by atoms with E-state index >= 15 is 0 Å². The fourth-order valence-electron chi connectivity index (χ4n) is 1.15. The van der Waals surface area contributed by atoms with Crippen molar-refractivity contribution < 1.29 is 9.59 Å². The zero-order valence-corrected chi connectivity index (χ0v) is 9.62. The molecule has 1 N–H and O–H groups in total. The van der Waals surface area contributed by atoms with Crippen LogP contribution >= 0.6 is 11.6 Å². The Hall–Kier alpha value is -1.61. The molecule has 0 unspecified atom stereocenters. The summed E-state index contributed by atoms with van der Waals surface area (Å²) in [7, 11) is 0. The minimum Gasteiger partial charge on any atom is -0.353 e. The molecule has 0 saturated carbocycles. The Morgan fingerprint density at radius 2 is 2.25 bits per heavy atom. The van der Waals surface area contributed by atoms with Gasteiger partial charge in [-0.15, -0.1) is 0 Å². The molecule has 0 aliphatic rings. The highest BCUT2D eigenvalue weighted by Gasteiger charge is 1.97. The first-order valence-corrected chi connectivity index (χ1v) is 5.17. The summed E-state index contributed by atoms with van der Waals surface area (Å²) in [5.74, 6) is -0.0858. The normalized spacial score (nSPS) is 10.4. The van der Waals surface area contributed by atoms with E-state index in [2.05, 4.69) is 5.32 Å². The number of rotatable bonds is 4. The molecule has 0 atom stereocenters. The Bertz CT molecular complexity index is 427. The monoisotopic (exact) mass is 237 g/mol. The van der Waals surface area contributed by atoms with Crippen LogP contribution in [0.3, 0.4) is 0 Å². The van der Waals surface area contributed by atoms with Gasteiger partial charge in [0.25, 0.3) is 0 Å². The van der Waals surface area contributed by atoms with Gasteiger partial charge in [-0.05, 0) is 17.7 Å². The van der Waals surface area contributed by atoms with Crippen molar-refractivity contribution in [2.24, 2.45) is 0 Å². The molecule has 0 aromatic heterocycles. The molecule has 0 heterocycles. The van der Waals surface area contributed by atoms with Crippen LogP contribution in [-0.4, -0.2) is 18.7 Å². The van der Waals surface area contributed by atoms with E-state index in [1.807, 2.05) is 0 Å². The number of hydrogen-bond acceptors (Lipinski definition) is 2. The number of carbonyl (C=O) groups excluding carboxylic acids is 2. The third-order valence-electron chi connectivity index (χ3n) is 1.92. The zero-order chi connectivity index (χ0) is 12.0. The van der Waals surface area contributed by atoms with Gasteiger partial charge in [-0.2, -0.15) is 0 Å². The molecule has 4 heteroatoms. The van der Waals surface area contributed by atoms with Gasteiger partial charge in [-0.25, -0.2) is 0 Å². The summed E-state index contributed by atoms with van der Waals surface area (Å²) in [4.78, 5) is 21.2. The van der Waals surface area contributed by atoms with Crippen molar-refractivity contribution in [2.45, 2.75) is 6.92 Å². The molecule has 16 heavy (non-hydrogen) atoms. The van der Waals surface area contributed by atoms with E-state index < -0.39 is 0 Å². The molecule has 0 saturated heterocycles. The maximum absolute atomic E-state index is 10.6. The third-order valence-corrected chi connectivity index (χ3v) is 2.27. The summed E-state index contributed by atoms with van der Waals surface area (Å²) in [6.07, 6.45) is 4.31. The second kappa shape index (κ2) is 6.08. The van der Waals surface area contributed by atoms with Crippen LogP contribution in [0.4, 0.5) is 0 Å². The van der Waals surface area contributed by atoms with Crippen molar-refractivity contribution in [3.8, 4) is 0 Å². The third kappa shape index (κ3) is 3.87. The first-order valence-electron chi connectivity index (χ1n) is 4.79. The van der Waals surface area contributed by atoms with Crippen molar-refractivity contribution >= 4 is 29.9 Å². The first kappa shape index (κ1) is 12.5. The van der Waals surface area contributed by atoms with Gasteiger partial charge < -0.3 is 5.32 Å². The molecule has 1 rings (SSSR count). The van der Waals surface area contributed by atoms with Crippen molar-refractivity contribution in [3.05, 3.63) is 40.4 Å². The molecule has 3 nitrogen and oxygen atoms in total. The van der Waals surface area contributed by atoms with Gasteiger partial charge in [0.2, 0.25) is 5.91 Å². The fourth-order valence-corrected chi connectivity index (χ4v) is 1.33. The van der Waals surface area contributed by atoms with Crippen LogP contribution in [0.2, 0.25) is 5.02 Å². The lowest BCUT2D eigenvalue weighted by atomic mass is 10.1. The second-order valence-electron chi connectivity index (χ2n) is 3.24. The number of carbonyl (C=O) groups is 2. The van der Waals surface area contributed by atoms with Gasteiger partial charge in [-0.3, -0.25) is 9.59 Å². The molecule has 0 fully saturated rings. The highest BCUT2D eigenvalue weighted by Crippen LogP contribution is 2.18. The number of nitrogens with one attached hydrogen (secondary N) is 1. The molecule has 84 valence electrons. The summed E-state index contributed by atoms with van der Waals surface area (Å²) >= 11 is 5.94. The molecular formula is C12H12ClNO2. The van der Waals surface area contributed by atoms with Crippen LogP contribution in [0.1, 0.15) is 22.8 Å². The van der Waals surface area contributed by atoms with Gasteiger partial charge in [0.15, 0.2) is 0 Å². The SMILES string of the molecule is CC(=O)NCC=Cc1cc(C=O)ccc1Cl. The highest BCUT2D eigenvalue weighted by atomic mass is 35.5. The smallest absolute Gasteiger partial charge is 0.217 e.